The Bertz CT molecular complexity index is 1050. The molecular formula is C21H28N4O4S2. The zero-order valence-corrected chi connectivity index (χ0v) is 19.7. The van der Waals surface area contributed by atoms with Crippen LogP contribution in [-0.4, -0.2) is 65.3 Å². The summed E-state index contributed by atoms with van der Waals surface area (Å²) in [6, 6.07) is 6.70. The number of hydrogen-bond donors (Lipinski definition) is 0. The molecule has 0 unspecified atom stereocenters. The molecule has 0 amide bonds. The Morgan fingerprint density at radius 2 is 1.97 bits per heavy atom. The molecule has 168 valence electrons. The molecule has 1 aromatic heterocycles. The van der Waals surface area contributed by atoms with Crippen molar-refractivity contribution in [3.8, 4) is 11.4 Å². The molecule has 0 N–H and O–H groups in total. The third-order valence-corrected chi connectivity index (χ3v) is 7.76. The van der Waals surface area contributed by atoms with Crippen molar-refractivity contribution in [3.05, 3.63) is 36.9 Å². The Morgan fingerprint density at radius 1 is 1.26 bits per heavy atom. The number of Topliss-reactive ketones (excluding diaryl/α,β-unsaturated/α-hetero) is 1. The molecule has 31 heavy (non-hydrogen) atoms. The third kappa shape index (κ3) is 5.43. The molecule has 0 atom stereocenters. The first kappa shape index (κ1) is 23.6. The molecule has 8 nitrogen and oxygen atoms in total. The average Bonchev–Trinajstić information content (AvgIpc) is 3.15. The van der Waals surface area contributed by atoms with Crippen LogP contribution in [0.15, 0.2) is 47.0 Å². The lowest BCUT2D eigenvalue weighted by atomic mass is 9.92. The van der Waals surface area contributed by atoms with E-state index in [1.54, 1.807) is 30.3 Å². The molecule has 3 rings (SSSR count). The van der Waals surface area contributed by atoms with Crippen LogP contribution < -0.4 is 0 Å². The smallest absolute Gasteiger partial charge is 0.243 e. The monoisotopic (exact) mass is 464 g/mol. The Morgan fingerprint density at radius 3 is 2.61 bits per heavy atom. The standard InChI is InChI=1S/C21H28N4O4S2/c1-5-9-25-19(22-23-20(25)30-15-18(26)21(2,3)4)16-7-6-8-17(14-16)31(27,28)24-10-12-29-13-11-24/h5-8,14H,1,9-13,15H2,2-4H3. The fraction of sp³-hybridized carbons (Fsp3) is 0.476. The summed E-state index contributed by atoms with van der Waals surface area (Å²) in [5.41, 5.74) is 0.207. The number of rotatable bonds is 8. The number of benzene rings is 1. The summed E-state index contributed by atoms with van der Waals surface area (Å²) in [6.07, 6.45) is 1.72. The van der Waals surface area contributed by atoms with Gasteiger partial charge in [0.15, 0.2) is 11.0 Å². The molecular weight excluding hydrogens is 436 g/mol. The van der Waals surface area contributed by atoms with Crippen molar-refractivity contribution in [2.24, 2.45) is 5.41 Å². The topological polar surface area (TPSA) is 94.4 Å². The van der Waals surface area contributed by atoms with E-state index in [4.69, 9.17) is 4.74 Å². The van der Waals surface area contributed by atoms with Crippen molar-refractivity contribution < 1.29 is 17.9 Å². The average molecular weight is 465 g/mol. The number of carbonyl (C=O) groups is 1. The van der Waals surface area contributed by atoms with Gasteiger partial charge in [-0.15, -0.1) is 16.8 Å². The summed E-state index contributed by atoms with van der Waals surface area (Å²) in [5, 5.41) is 9.12. The van der Waals surface area contributed by atoms with Crippen molar-refractivity contribution >= 4 is 27.6 Å². The predicted octanol–water partition coefficient (Wildman–Crippen LogP) is 2.86. The van der Waals surface area contributed by atoms with Crippen molar-refractivity contribution in [1.29, 1.82) is 0 Å². The minimum Gasteiger partial charge on any atom is -0.379 e. The zero-order chi connectivity index (χ0) is 22.6. The van der Waals surface area contributed by atoms with Gasteiger partial charge in [0.1, 0.15) is 5.78 Å². The lowest BCUT2D eigenvalue weighted by Gasteiger charge is -2.26. The zero-order valence-electron chi connectivity index (χ0n) is 18.1. The highest BCUT2D eigenvalue weighted by molar-refractivity contribution is 7.99. The molecule has 10 heteroatoms. The van der Waals surface area contributed by atoms with Crippen molar-refractivity contribution in [2.75, 3.05) is 32.1 Å². The molecule has 0 aliphatic carbocycles. The summed E-state index contributed by atoms with van der Waals surface area (Å²) in [5.74, 6) is 0.931. The fourth-order valence-electron chi connectivity index (χ4n) is 2.98. The summed E-state index contributed by atoms with van der Waals surface area (Å²) in [7, 11) is -3.62. The van der Waals surface area contributed by atoms with Crippen LogP contribution in [0, 0.1) is 5.41 Å². The highest BCUT2D eigenvalue weighted by atomic mass is 32.2. The number of sulfonamides is 1. The molecule has 0 spiro atoms. The van der Waals surface area contributed by atoms with E-state index in [9.17, 15) is 13.2 Å². The Kier molecular flexibility index (Phi) is 7.35. The van der Waals surface area contributed by atoms with E-state index in [1.807, 2.05) is 25.3 Å². The molecule has 1 saturated heterocycles. The second kappa shape index (κ2) is 9.64. The van der Waals surface area contributed by atoms with Gasteiger partial charge in [0.2, 0.25) is 10.0 Å². The van der Waals surface area contributed by atoms with E-state index in [-0.39, 0.29) is 16.4 Å². The molecule has 1 aromatic carbocycles. The molecule has 0 saturated carbocycles. The molecule has 2 aromatic rings. The second-order valence-corrected chi connectivity index (χ2v) is 11.1. The van der Waals surface area contributed by atoms with Gasteiger partial charge in [-0.25, -0.2) is 8.42 Å². The number of ether oxygens (including phenoxy) is 1. The van der Waals surface area contributed by atoms with Crippen LogP contribution in [0.3, 0.4) is 0 Å². The first-order valence-electron chi connectivity index (χ1n) is 10.0. The van der Waals surface area contributed by atoms with E-state index >= 15 is 0 Å². The minimum absolute atomic E-state index is 0.116. The Hall–Kier alpha value is -2.01. The van der Waals surface area contributed by atoms with Crippen LogP contribution in [0.1, 0.15) is 20.8 Å². The van der Waals surface area contributed by atoms with Gasteiger partial charge in [0, 0.05) is 30.6 Å². The molecule has 0 radical (unpaired) electrons. The highest BCUT2D eigenvalue weighted by Gasteiger charge is 2.27. The SMILES string of the molecule is C=CCn1c(SCC(=O)C(C)(C)C)nnc1-c1cccc(S(=O)(=O)N2CCOCC2)c1. The first-order chi connectivity index (χ1) is 14.6. The van der Waals surface area contributed by atoms with Crippen LogP contribution in [0.2, 0.25) is 0 Å². The maximum absolute atomic E-state index is 13.0. The molecule has 1 aliphatic rings. The lowest BCUT2D eigenvalue weighted by molar-refractivity contribution is -0.123. The summed E-state index contributed by atoms with van der Waals surface area (Å²) >= 11 is 1.32. The van der Waals surface area contributed by atoms with Gasteiger partial charge in [0.25, 0.3) is 0 Å². The van der Waals surface area contributed by atoms with E-state index in [2.05, 4.69) is 16.8 Å². The number of carbonyl (C=O) groups excluding carboxylic acids is 1. The van der Waals surface area contributed by atoms with Crippen LogP contribution in [-0.2, 0) is 26.1 Å². The molecule has 1 aliphatic heterocycles. The number of ketones is 1. The van der Waals surface area contributed by atoms with Crippen LogP contribution in [0.25, 0.3) is 11.4 Å². The molecule has 1 fully saturated rings. The number of thioether (sulfide) groups is 1. The Labute approximate surface area is 187 Å². The molecule has 0 bridgehead atoms. The summed E-state index contributed by atoms with van der Waals surface area (Å²) in [6.45, 7) is 11.3. The van der Waals surface area contributed by atoms with Gasteiger partial charge in [-0.1, -0.05) is 50.7 Å². The van der Waals surface area contributed by atoms with Gasteiger partial charge in [0.05, 0.1) is 23.9 Å². The van der Waals surface area contributed by atoms with E-state index < -0.39 is 15.4 Å². The maximum atomic E-state index is 13.0. The second-order valence-electron chi connectivity index (χ2n) is 8.21. The minimum atomic E-state index is -3.62. The summed E-state index contributed by atoms with van der Waals surface area (Å²) in [4.78, 5) is 12.5. The first-order valence-corrected chi connectivity index (χ1v) is 12.5. The number of morpholine rings is 1. The molecule has 2 heterocycles. The number of hydrogen-bond acceptors (Lipinski definition) is 7. The van der Waals surface area contributed by atoms with Crippen molar-refractivity contribution in [3.63, 3.8) is 0 Å². The predicted molar refractivity (Wildman–Crippen MR) is 120 cm³/mol. The fourth-order valence-corrected chi connectivity index (χ4v) is 5.54. The van der Waals surface area contributed by atoms with Gasteiger partial charge in [-0.05, 0) is 12.1 Å². The van der Waals surface area contributed by atoms with Crippen LogP contribution >= 0.6 is 11.8 Å². The van der Waals surface area contributed by atoms with Gasteiger partial charge in [-0.3, -0.25) is 9.36 Å². The largest absolute Gasteiger partial charge is 0.379 e. The highest BCUT2D eigenvalue weighted by Crippen LogP contribution is 2.28. The van der Waals surface area contributed by atoms with Gasteiger partial charge < -0.3 is 4.74 Å². The number of allylic oxidation sites excluding steroid dienone is 1. The van der Waals surface area contributed by atoms with E-state index in [0.717, 1.165) is 0 Å². The van der Waals surface area contributed by atoms with Gasteiger partial charge >= 0.3 is 0 Å². The number of nitrogens with zero attached hydrogens (tertiary/aromatic N) is 4. The number of aromatic nitrogens is 3. The third-order valence-electron chi connectivity index (χ3n) is 4.90. The van der Waals surface area contributed by atoms with E-state index in [1.165, 1.54) is 16.1 Å². The summed E-state index contributed by atoms with van der Waals surface area (Å²) < 4.78 is 34.6. The quantitative estimate of drug-likeness (QED) is 0.438. The van der Waals surface area contributed by atoms with E-state index in [0.29, 0.717) is 49.4 Å². The van der Waals surface area contributed by atoms with Crippen LogP contribution in [0.5, 0.6) is 0 Å². The lowest BCUT2D eigenvalue weighted by Crippen LogP contribution is -2.40. The van der Waals surface area contributed by atoms with Crippen LogP contribution in [0.4, 0.5) is 0 Å². The maximum Gasteiger partial charge on any atom is 0.243 e. The normalized spacial score (nSPS) is 15.7. The van der Waals surface area contributed by atoms with Gasteiger partial charge in [-0.2, -0.15) is 4.31 Å². The van der Waals surface area contributed by atoms with Crippen molar-refractivity contribution in [1.82, 2.24) is 19.1 Å². The van der Waals surface area contributed by atoms with Crippen molar-refractivity contribution in [2.45, 2.75) is 37.4 Å². The Balaban J connectivity index is 1.90.